The minimum Gasteiger partial charge on any atom is -0.463 e. The van der Waals surface area contributed by atoms with Gasteiger partial charge in [-0.15, -0.1) is 0 Å². The van der Waals surface area contributed by atoms with Crippen LogP contribution in [0.25, 0.3) is 0 Å². The van der Waals surface area contributed by atoms with E-state index in [2.05, 4.69) is 5.32 Å². The molecule has 0 unspecified atom stereocenters. The third kappa shape index (κ3) is 3.98. The molecule has 0 aliphatic carbocycles. The summed E-state index contributed by atoms with van der Waals surface area (Å²) in [4.78, 5) is 27.1. The molecular weight excluding hydrogens is 364 g/mol. The molecule has 5 nitrogen and oxygen atoms in total. The molecule has 140 valence electrons. The Kier molecular flexibility index (Phi) is 5.81. The van der Waals surface area contributed by atoms with Crippen LogP contribution in [0.4, 0.5) is 4.79 Å². The van der Waals surface area contributed by atoms with E-state index in [0.717, 1.165) is 5.56 Å². The van der Waals surface area contributed by atoms with Crippen molar-refractivity contribution >= 4 is 23.6 Å². The molecule has 0 radical (unpaired) electrons. The van der Waals surface area contributed by atoms with E-state index in [1.807, 2.05) is 36.4 Å². The molecule has 0 saturated heterocycles. The van der Waals surface area contributed by atoms with Crippen LogP contribution in [0.2, 0.25) is 5.02 Å². The average molecular weight is 385 g/mol. The van der Waals surface area contributed by atoms with E-state index in [1.54, 1.807) is 36.9 Å². The van der Waals surface area contributed by atoms with Crippen molar-refractivity contribution in [2.24, 2.45) is 0 Å². The Balaban J connectivity index is 2.05. The second-order valence-corrected chi connectivity index (χ2v) is 6.60. The quantitative estimate of drug-likeness (QED) is 0.775. The Morgan fingerprint density at radius 1 is 1.15 bits per heavy atom. The van der Waals surface area contributed by atoms with Crippen LogP contribution in [0.1, 0.15) is 31.0 Å². The minimum atomic E-state index is -0.655. The molecule has 3 rings (SSSR count). The van der Waals surface area contributed by atoms with Crippen LogP contribution in [0, 0.1) is 0 Å². The molecule has 0 aromatic heterocycles. The van der Waals surface area contributed by atoms with Crippen molar-refractivity contribution in [1.29, 1.82) is 0 Å². The highest BCUT2D eigenvalue weighted by Gasteiger charge is 2.37. The van der Waals surface area contributed by atoms with Crippen molar-refractivity contribution in [3.63, 3.8) is 0 Å². The topological polar surface area (TPSA) is 58.6 Å². The van der Waals surface area contributed by atoms with Crippen molar-refractivity contribution in [1.82, 2.24) is 10.2 Å². The Hall–Kier alpha value is -2.79. The number of nitrogens with one attached hydrogen (secondary N) is 1. The maximum absolute atomic E-state index is 12.8. The van der Waals surface area contributed by atoms with Crippen LogP contribution >= 0.6 is 11.6 Å². The summed E-state index contributed by atoms with van der Waals surface area (Å²) < 4.78 is 5.26. The number of allylic oxidation sites excluding steroid dienone is 1. The highest BCUT2D eigenvalue weighted by Crippen LogP contribution is 2.35. The molecule has 1 aliphatic heterocycles. The molecular formula is C21H21ClN2O3. The van der Waals surface area contributed by atoms with Crippen molar-refractivity contribution in [2.45, 2.75) is 26.4 Å². The normalized spacial score (nSPS) is 16.9. The number of carbonyl (C=O) groups excluding carboxylic acids is 2. The monoisotopic (exact) mass is 384 g/mol. The van der Waals surface area contributed by atoms with E-state index < -0.39 is 12.0 Å². The molecule has 2 amide bonds. The Morgan fingerprint density at radius 3 is 2.48 bits per heavy atom. The van der Waals surface area contributed by atoms with Gasteiger partial charge in [0.15, 0.2) is 0 Å². The molecule has 0 spiro atoms. The standard InChI is InChI=1S/C21H21ClN2O3/c1-3-27-20(25)18-14(2)24(13-15-9-5-4-6-10-15)21(26)23-19(18)16-11-7-8-12-17(16)22/h4-12,19H,3,13H2,1-2H3,(H,23,26)/t19-/m0/s1. The molecule has 27 heavy (non-hydrogen) atoms. The van der Waals surface area contributed by atoms with E-state index in [1.165, 1.54) is 0 Å². The van der Waals surface area contributed by atoms with E-state index >= 15 is 0 Å². The predicted octanol–water partition coefficient (Wildman–Crippen LogP) is 4.44. The van der Waals surface area contributed by atoms with Gasteiger partial charge in [0.2, 0.25) is 0 Å². The molecule has 1 heterocycles. The first-order valence-corrected chi connectivity index (χ1v) is 9.15. The molecule has 0 fully saturated rings. The van der Waals surface area contributed by atoms with Gasteiger partial charge in [-0.05, 0) is 31.0 Å². The number of rotatable bonds is 5. The summed E-state index contributed by atoms with van der Waals surface area (Å²) in [6.45, 7) is 4.12. The van der Waals surface area contributed by atoms with Crippen molar-refractivity contribution in [3.05, 3.63) is 82.0 Å². The first kappa shape index (κ1) is 19.0. The van der Waals surface area contributed by atoms with Gasteiger partial charge in [-0.3, -0.25) is 4.90 Å². The summed E-state index contributed by atoms with van der Waals surface area (Å²) in [6, 6.07) is 15.8. The fourth-order valence-electron chi connectivity index (χ4n) is 3.15. The van der Waals surface area contributed by atoms with Gasteiger partial charge in [0, 0.05) is 10.7 Å². The molecule has 2 aromatic carbocycles. The SMILES string of the molecule is CCOC(=O)C1=C(C)N(Cc2ccccc2)C(=O)N[C@H]1c1ccccc1Cl. The molecule has 0 saturated carbocycles. The number of hydrogen-bond donors (Lipinski definition) is 1. The van der Waals surface area contributed by atoms with E-state index in [9.17, 15) is 9.59 Å². The van der Waals surface area contributed by atoms with Gasteiger partial charge in [-0.1, -0.05) is 60.1 Å². The lowest BCUT2D eigenvalue weighted by Crippen LogP contribution is -2.47. The van der Waals surface area contributed by atoms with Gasteiger partial charge >= 0.3 is 12.0 Å². The molecule has 2 aromatic rings. The van der Waals surface area contributed by atoms with E-state index in [-0.39, 0.29) is 12.6 Å². The molecule has 1 aliphatic rings. The summed E-state index contributed by atoms with van der Waals surface area (Å²) in [5, 5.41) is 3.39. The van der Waals surface area contributed by atoms with Gasteiger partial charge in [0.05, 0.1) is 24.8 Å². The highest BCUT2D eigenvalue weighted by atomic mass is 35.5. The second kappa shape index (κ2) is 8.27. The summed E-state index contributed by atoms with van der Waals surface area (Å²) >= 11 is 6.33. The van der Waals surface area contributed by atoms with Crippen molar-refractivity contribution < 1.29 is 14.3 Å². The number of hydrogen-bond acceptors (Lipinski definition) is 3. The van der Waals surface area contributed by atoms with Crippen LogP contribution in [0.5, 0.6) is 0 Å². The fourth-order valence-corrected chi connectivity index (χ4v) is 3.40. The number of ether oxygens (including phenoxy) is 1. The third-order valence-electron chi connectivity index (χ3n) is 4.49. The van der Waals surface area contributed by atoms with Gasteiger partial charge in [0.25, 0.3) is 0 Å². The van der Waals surface area contributed by atoms with Crippen LogP contribution in [-0.2, 0) is 16.1 Å². The summed E-state index contributed by atoms with van der Waals surface area (Å²) in [7, 11) is 0. The maximum atomic E-state index is 12.8. The molecule has 6 heteroatoms. The number of amides is 2. The molecule has 1 atom stereocenters. The van der Waals surface area contributed by atoms with Crippen LogP contribution in [0.3, 0.4) is 0 Å². The van der Waals surface area contributed by atoms with Gasteiger partial charge in [0.1, 0.15) is 0 Å². The molecule has 1 N–H and O–H groups in total. The summed E-state index contributed by atoms with van der Waals surface area (Å²) in [6.07, 6.45) is 0. The van der Waals surface area contributed by atoms with Crippen LogP contribution in [-0.4, -0.2) is 23.5 Å². The number of urea groups is 1. The number of benzene rings is 2. The summed E-state index contributed by atoms with van der Waals surface area (Å²) in [5.41, 5.74) is 2.58. The largest absolute Gasteiger partial charge is 0.463 e. The number of nitrogens with zero attached hydrogens (tertiary/aromatic N) is 1. The summed E-state index contributed by atoms with van der Waals surface area (Å²) in [5.74, 6) is -0.460. The zero-order chi connectivity index (χ0) is 19.4. The average Bonchev–Trinajstić information content (AvgIpc) is 2.66. The predicted molar refractivity (Wildman–Crippen MR) is 104 cm³/mol. The van der Waals surface area contributed by atoms with Gasteiger partial charge in [-0.25, -0.2) is 9.59 Å². The van der Waals surface area contributed by atoms with Gasteiger partial charge in [-0.2, -0.15) is 0 Å². The number of carbonyl (C=O) groups is 2. The smallest absolute Gasteiger partial charge is 0.338 e. The van der Waals surface area contributed by atoms with E-state index in [4.69, 9.17) is 16.3 Å². The highest BCUT2D eigenvalue weighted by molar-refractivity contribution is 6.31. The Morgan fingerprint density at radius 2 is 1.81 bits per heavy atom. The lowest BCUT2D eigenvalue weighted by molar-refractivity contribution is -0.139. The van der Waals surface area contributed by atoms with Crippen molar-refractivity contribution in [3.8, 4) is 0 Å². The van der Waals surface area contributed by atoms with Crippen molar-refractivity contribution in [2.75, 3.05) is 6.61 Å². The Bertz CT molecular complexity index is 880. The number of halogens is 1. The molecule has 0 bridgehead atoms. The Labute approximate surface area is 163 Å². The second-order valence-electron chi connectivity index (χ2n) is 6.20. The fraction of sp³-hybridized carbons (Fsp3) is 0.238. The van der Waals surface area contributed by atoms with Gasteiger partial charge < -0.3 is 10.1 Å². The number of esters is 1. The third-order valence-corrected chi connectivity index (χ3v) is 4.84. The van der Waals surface area contributed by atoms with E-state index in [0.29, 0.717) is 28.4 Å². The minimum absolute atomic E-state index is 0.248. The lowest BCUT2D eigenvalue weighted by atomic mass is 9.94. The first-order valence-electron chi connectivity index (χ1n) is 8.77. The first-order chi connectivity index (χ1) is 13.0. The maximum Gasteiger partial charge on any atom is 0.338 e. The van der Waals surface area contributed by atoms with Crippen LogP contribution in [0.15, 0.2) is 65.9 Å². The van der Waals surface area contributed by atoms with Crippen LogP contribution < -0.4 is 5.32 Å². The zero-order valence-electron chi connectivity index (χ0n) is 15.2. The lowest BCUT2D eigenvalue weighted by Gasteiger charge is -2.35. The zero-order valence-corrected chi connectivity index (χ0v) is 16.0.